The molecule has 0 saturated heterocycles. The second-order valence-electron chi connectivity index (χ2n) is 4.63. The first-order valence-electron chi connectivity index (χ1n) is 6.38. The first kappa shape index (κ1) is 13.6. The van der Waals surface area contributed by atoms with E-state index in [-0.39, 0.29) is 36.6 Å². The largest absolute Gasteiger partial charge is 0.475 e. The molecular formula is C13H17NO5. The van der Waals surface area contributed by atoms with Crippen molar-refractivity contribution in [3.05, 3.63) is 23.7 Å². The Kier molecular flexibility index (Phi) is 4.21. The third kappa shape index (κ3) is 2.96. The number of aliphatic hydroxyl groups is 1. The zero-order valence-corrected chi connectivity index (χ0v) is 10.5. The van der Waals surface area contributed by atoms with E-state index in [4.69, 9.17) is 14.6 Å². The molecule has 0 aliphatic heterocycles. The Morgan fingerprint density at radius 3 is 2.42 bits per heavy atom. The van der Waals surface area contributed by atoms with E-state index in [9.17, 15) is 9.59 Å². The molecule has 0 atom stereocenters. The maximum Gasteiger partial charge on any atom is 0.371 e. The van der Waals surface area contributed by atoms with Crippen molar-refractivity contribution < 1.29 is 24.2 Å². The van der Waals surface area contributed by atoms with Gasteiger partial charge >= 0.3 is 5.97 Å². The Morgan fingerprint density at radius 2 is 1.89 bits per heavy atom. The summed E-state index contributed by atoms with van der Waals surface area (Å²) in [7, 11) is 0. The number of aromatic carboxylic acids is 1. The van der Waals surface area contributed by atoms with E-state index in [1.165, 1.54) is 12.1 Å². The van der Waals surface area contributed by atoms with E-state index in [0.717, 1.165) is 25.7 Å². The van der Waals surface area contributed by atoms with Crippen LogP contribution in [0, 0.1) is 0 Å². The van der Waals surface area contributed by atoms with Crippen LogP contribution in [-0.4, -0.2) is 46.2 Å². The summed E-state index contributed by atoms with van der Waals surface area (Å²) < 4.78 is 5.02. The number of aliphatic hydroxyl groups excluding tert-OH is 1. The first-order valence-corrected chi connectivity index (χ1v) is 6.38. The van der Waals surface area contributed by atoms with Crippen LogP contribution in [0.2, 0.25) is 0 Å². The molecule has 1 aromatic rings. The molecule has 0 radical (unpaired) electrons. The third-order valence-electron chi connectivity index (χ3n) is 3.39. The standard InChI is InChI=1S/C13H17NO5/c15-8-7-14(9-3-1-2-4-9)12(16)10-5-6-11(19-10)13(17)18/h5-6,9,15H,1-4,7-8H2,(H,17,18). The summed E-state index contributed by atoms with van der Waals surface area (Å²) in [6, 6.07) is 2.74. The maximum atomic E-state index is 12.3. The van der Waals surface area contributed by atoms with E-state index >= 15 is 0 Å². The minimum atomic E-state index is -1.20. The van der Waals surface area contributed by atoms with Crippen molar-refractivity contribution in [2.45, 2.75) is 31.7 Å². The second-order valence-corrected chi connectivity index (χ2v) is 4.63. The molecule has 0 bridgehead atoms. The number of carboxylic acid groups (broad SMARTS) is 1. The van der Waals surface area contributed by atoms with E-state index in [1.54, 1.807) is 4.90 Å². The molecule has 1 aromatic heterocycles. The Labute approximate surface area is 110 Å². The highest BCUT2D eigenvalue weighted by molar-refractivity contribution is 5.93. The van der Waals surface area contributed by atoms with Crippen molar-refractivity contribution in [1.82, 2.24) is 4.90 Å². The lowest BCUT2D eigenvalue weighted by atomic mass is 10.2. The lowest BCUT2D eigenvalue weighted by Crippen LogP contribution is -2.40. The normalized spacial score (nSPS) is 15.6. The van der Waals surface area contributed by atoms with Gasteiger partial charge < -0.3 is 19.5 Å². The minimum absolute atomic E-state index is 0.0118. The van der Waals surface area contributed by atoms with Crippen LogP contribution in [0.5, 0.6) is 0 Å². The van der Waals surface area contributed by atoms with Crippen LogP contribution < -0.4 is 0 Å². The molecule has 6 nitrogen and oxygen atoms in total. The van der Waals surface area contributed by atoms with Gasteiger partial charge in [-0.15, -0.1) is 0 Å². The molecule has 1 amide bonds. The van der Waals surface area contributed by atoms with Crippen LogP contribution in [-0.2, 0) is 0 Å². The fraction of sp³-hybridized carbons (Fsp3) is 0.538. The monoisotopic (exact) mass is 267 g/mol. The lowest BCUT2D eigenvalue weighted by Gasteiger charge is -2.27. The van der Waals surface area contributed by atoms with Crippen LogP contribution >= 0.6 is 0 Å². The van der Waals surface area contributed by atoms with Gasteiger partial charge in [0.1, 0.15) is 0 Å². The Bertz CT molecular complexity index is 461. The van der Waals surface area contributed by atoms with Crippen LogP contribution in [0.1, 0.15) is 46.8 Å². The summed E-state index contributed by atoms with van der Waals surface area (Å²) in [6.07, 6.45) is 3.97. The highest BCUT2D eigenvalue weighted by atomic mass is 16.4. The van der Waals surface area contributed by atoms with Crippen molar-refractivity contribution in [2.75, 3.05) is 13.2 Å². The quantitative estimate of drug-likeness (QED) is 0.840. The van der Waals surface area contributed by atoms with E-state index in [1.807, 2.05) is 0 Å². The number of amides is 1. The summed E-state index contributed by atoms with van der Waals surface area (Å²) in [4.78, 5) is 24.6. The number of carbonyl (C=O) groups is 2. The van der Waals surface area contributed by atoms with Gasteiger partial charge in [0.2, 0.25) is 5.76 Å². The van der Waals surface area contributed by atoms with Gasteiger partial charge in [-0.3, -0.25) is 4.79 Å². The average Bonchev–Trinajstić information content (AvgIpc) is 3.05. The van der Waals surface area contributed by atoms with E-state index < -0.39 is 5.97 Å². The fourth-order valence-corrected chi connectivity index (χ4v) is 2.48. The van der Waals surface area contributed by atoms with Gasteiger partial charge in [-0.2, -0.15) is 0 Å². The van der Waals surface area contributed by atoms with Gasteiger partial charge in [0.25, 0.3) is 5.91 Å². The second kappa shape index (κ2) is 5.88. The Hall–Kier alpha value is -1.82. The molecule has 0 aromatic carbocycles. The van der Waals surface area contributed by atoms with E-state index in [0.29, 0.717) is 0 Å². The Morgan fingerprint density at radius 1 is 1.26 bits per heavy atom. The fourth-order valence-electron chi connectivity index (χ4n) is 2.48. The highest BCUT2D eigenvalue weighted by Crippen LogP contribution is 2.25. The summed E-state index contributed by atoms with van der Waals surface area (Å²) in [5.41, 5.74) is 0. The maximum absolute atomic E-state index is 12.3. The minimum Gasteiger partial charge on any atom is -0.475 e. The molecule has 1 saturated carbocycles. The van der Waals surface area contributed by atoms with Crippen LogP contribution in [0.25, 0.3) is 0 Å². The number of carboxylic acids is 1. The molecule has 19 heavy (non-hydrogen) atoms. The molecule has 2 rings (SSSR count). The highest BCUT2D eigenvalue weighted by Gasteiger charge is 2.29. The zero-order valence-electron chi connectivity index (χ0n) is 10.5. The third-order valence-corrected chi connectivity index (χ3v) is 3.39. The predicted octanol–water partition coefficient (Wildman–Crippen LogP) is 1.35. The van der Waals surface area contributed by atoms with Crippen molar-refractivity contribution in [3.63, 3.8) is 0 Å². The smallest absolute Gasteiger partial charge is 0.371 e. The molecule has 2 N–H and O–H groups in total. The summed E-state index contributed by atoms with van der Waals surface area (Å²) in [5, 5.41) is 17.8. The zero-order chi connectivity index (χ0) is 13.8. The molecule has 0 unspecified atom stereocenters. The number of carbonyl (C=O) groups excluding carboxylic acids is 1. The van der Waals surface area contributed by atoms with Gasteiger partial charge in [0.05, 0.1) is 6.61 Å². The van der Waals surface area contributed by atoms with Crippen molar-refractivity contribution >= 4 is 11.9 Å². The van der Waals surface area contributed by atoms with Crippen LogP contribution in [0.4, 0.5) is 0 Å². The van der Waals surface area contributed by atoms with Crippen LogP contribution in [0.3, 0.4) is 0 Å². The summed E-state index contributed by atoms with van der Waals surface area (Å²) in [5.74, 6) is -1.79. The number of hydrogen-bond acceptors (Lipinski definition) is 4. The first-order chi connectivity index (χ1) is 9.13. The van der Waals surface area contributed by atoms with Gasteiger partial charge in [0, 0.05) is 12.6 Å². The SMILES string of the molecule is O=C(O)c1ccc(C(=O)N(CCO)C2CCCC2)o1. The molecule has 1 aliphatic rings. The van der Waals surface area contributed by atoms with Crippen molar-refractivity contribution in [3.8, 4) is 0 Å². The Balaban J connectivity index is 2.15. The number of furan rings is 1. The molecule has 0 spiro atoms. The number of nitrogens with zero attached hydrogens (tertiary/aromatic N) is 1. The molecule has 104 valence electrons. The predicted molar refractivity (Wildman–Crippen MR) is 66.0 cm³/mol. The summed E-state index contributed by atoms with van der Waals surface area (Å²) in [6.45, 7) is 0.126. The molecular weight excluding hydrogens is 250 g/mol. The molecule has 1 fully saturated rings. The molecule has 6 heteroatoms. The molecule has 1 aliphatic carbocycles. The van der Waals surface area contributed by atoms with Gasteiger partial charge in [0.15, 0.2) is 5.76 Å². The average molecular weight is 267 g/mol. The van der Waals surface area contributed by atoms with Crippen molar-refractivity contribution in [2.24, 2.45) is 0 Å². The summed E-state index contributed by atoms with van der Waals surface area (Å²) >= 11 is 0. The van der Waals surface area contributed by atoms with Gasteiger partial charge in [-0.25, -0.2) is 4.79 Å². The topological polar surface area (TPSA) is 91.0 Å². The lowest BCUT2D eigenvalue weighted by molar-refractivity contribution is 0.0591. The van der Waals surface area contributed by atoms with Gasteiger partial charge in [-0.05, 0) is 25.0 Å². The number of rotatable bonds is 5. The van der Waals surface area contributed by atoms with Gasteiger partial charge in [-0.1, -0.05) is 12.8 Å². The van der Waals surface area contributed by atoms with E-state index in [2.05, 4.69) is 0 Å². The van der Waals surface area contributed by atoms with Crippen LogP contribution in [0.15, 0.2) is 16.5 Å². The molecule has 1 heterocycles. The van der Waals surface area contributed by atoms with Crippen molar-refractivity contribution in [1.29, 1.82) is 0 Å². The number of hydrogen-bond donors (Lipinski definition) is 2.